The van der Waals surface area contributed by atoms with Crippen molar-refractivity contribution in [2.45, 2.75) is 45.6 Å². The molecule has 5 nitrogen and oxygen atoms in total. The minimum Gasteiger partial charge on any atom is -0.507 e. The Bertz CT molecular complexity index is 1290. The number of carbonyl (C=O) groups is 2. The van der Waals surface area contributed by atoms with Crippen molar-refractivity contribution >= 4 is 17.4 Å². The van der Waals surface area contributed by atoms with E-state index in [4.69, 9.17) is 0 Å². The maximum atomic E-state index is 13.3. The van der Waals surface area contributed by atoms with Crippen LogP contribution in [-0.4, -0.2) is 33.2 Å². The van der Waals surface area contributed by atoms with Gasteiger partial charge in [-0.05, 0) is 65.3 Å². The molecule has 0 bridgehead atoms. The van der Waals surface area contributed by atoms with E-state index in [0.717, 1.165) is 16.7 Å². The van der Waals surface area contributed by atoms with Gasteiger partial charge in [0, 0.05) is 24.5 Å². The number of rotatable bonds is 5. The number of amides is 1. The summed E-state index contributed by atoms with van der Waals surface area (Å²) < 4.78 is 13.3. The number of aryl methyl sites for hydroxylation is 1. The van der Waals surface area contributed by atoms with E-state index in [-0.39, 0.29) is 29.1 Å². The predicted molar refractivity (Wildman–Crippen MR) is 133 cm³/mol. The van der Waals surface area contributed by atoms with Crippen molar-refractivity contribution in [1.82, 2.24) is 9.88 Å². The smallest absolute Gasteiger partial charge is 0.295 e. The van der Waals surface area contributed by atoms with Crippen molar-refractivity contribution in [2.75, 3.05) is 6.54 Å². The third-order valence-electron chi connectivity index (χ3n) is 6.45. The summed E-state index contributed by atoms with van der Waals surface area (Å²) in [6.45, 7) is 8.32. The maximum Gasteiger partial charge on any atom is 0.295 e. The average molecular weight is 473 g/mol. The minimum absolute atomic E-state index is 0.0521. The molecule has 1 aromatic heterocycles. The molecule has 1 amide bonds. The van der Waals surface area contributed by atoms with E-state index >= 15 is 0 Å². The Balaban J connectivity index is 1.81. The van der Waals surface area contributed by atoms with Gasteiger partial charge >= 0.3 is 0 Å². The van der Waals surface area contributed by atoms with E-state index in [1.165, 1.54) is 17.0 Å². The zero-order chi connectivity index (χ0) is 25.3. The normalized spacial score (nSPS) is 17.7. The van der Waals surface area contributed by atoms with Crippen LogP contribution in [0.5, 0.6) is 0 Å². The van der Waals surface area contributed by atoms with Gasteiger partial charge in [0.05, 0.1) is 11.6 Å². The number of Topliss-reactive ketones (excluding diaryl/α,β-unsaturated/α-hetero) is 1. The van der Waals surface area contributed by atoms with Crippen LogP contribution in [-0.2, 0) is 21.4 Å². The van der Waals surface area contributed by atoms with Crippen LogP contribution < -0.4 is 0 Å². The van der Waals surface area contributed by atoms with Crippen LogP contribution in [0.4, 0.5) is 4.39 Å². The lowest BCUT2D eigenvalue weighted by atomic mass is 9.84. The third-order valence-corrected chi connectivity index (χ3v) is 6.45. The Kier molecular flexibility index (Phi) is 6.57. The molecule has 1 atom stereocenters. The molecule has 0 saturated carbocycles. The number of hydrogen-bond acceptors (Lipinski definition) is 4. The summed E-state index contributed by atoms with van der Waals surface area (Å²) in [4.78, 5) is 32.1. The van der Waals surface area contributed by atoms with Gasteiger partial charge in [0.25, 0.3) is 11.7 Å². The zero-order valence-corrected chi connectivity index (χ0v) is 20.4. The number of ketones is 1. The summed E-state index contributed by atoms with van der Waals surface area (Å²) >= 11 is 0. The zero-order valence-electron chi connectivity index (χ0n) is 20.4. The summed E-state index contributed by atoms with van der Waals surface area (Å²) in [6.07, 6.45) is 3.65. The standard InChI is InChI=1S/C29H29FN2O3/c1-18-7-10-21(29(2,3)4)16-23(18)26(33)24-25(20-6-5-14-31-17-20)32(28(35)27(24)34)15-13-19-8-11-22(30)12-9-19/h5-12,14,16-17,25,33H,13,15H2,1-4H3/b26-24+. The van der Waals surface area contributed by atoms with Gasteiger partial charge in [-0.15, -0.1) is 0 Å². The number of likely N-dealkylation sites (tertiary alicyclic amines) is 1. The van der Waals surface area contributed by atoms with Crippen molar-refractivity contribution in [3.05, 3.63) is 106 Å². The second-order valence-corrected chi connectivity index (χ2v) is 9.94. The largest absolute Gasteiger partial charge is 0.507 e. The van der Waals surface area contributed by atoms with Crippen molar-refractivity contribution in [3.63, 3.8) is 0 Å². The Morgan fingerprint density at radius 2 is 1.80 bits per heavy atom. The quantitative estimate of drug-likeness (QED) is 0.303. The summed E-state index contributed by atoms with van der Waals surface area (Å²) in [6, 6.07) is 14.6. The number of halogens is 1. The van der Waals surface area contributed by atoms with Crippen LogP contribution in [0.1, 0.15) is 54.6 Å². The topological polar surface area (TPSA) is 70.5 Å². The summed E-state index contributed by atoms with van der Waals surface area (Å²) in [5, 5.41) is 11.5. The number of aliphatic hydroxyl groups is 1. The highest BCUT2D eigenvalue weighted by atomic mass is 19.1. The molecule has 1 unspecified atom stereocenters. The maximum absolute atomic E-state index is 13.3. The first-order valence-electron chi connectivity index (χ1n) is 11.6. The molecule has 6 heteroatoms. The molecule has 3 aromatic rings. The molecule has 0 aliphatic carbocycles. The van der Waals surface area contributed by atoms with Gasteiger partial charge < -0.3 is 10.0 Å². The molecular weight excluding hydrogens is 443 g/mol. The average Bonchev–Trinajstić information content (AvgIpc) is 3.08. The Hall–Kier alpha value is -3.80. The number of aliphatic hydroxyl groups excluding tert-OH is 1. The monoisotopic (exact) mass is 472 g/mol. The van der Waals surface area contributed by atoms with Crippen molar-refractivity contribution in [2.24, 2.45) is 0 Å². The number of hydrogen-bond donors (Lipinski definition) is 1. The minimum atomic E-state index is -0.776. The van der Waals surface area contributed by atoms with Crippen LogP contribution in [0.2, 0.25) is 0 Å². The molecule has 1 fully saturated rings. The molecule has 2 heterocycles. The lowest BCUT2D eigenvalue weighted by Gasteiger charge is -2.25. The van der Waals surface area contributed by atoms with Crippen LogP contribution in [0.15, 0.2) is 72.6 Å². The van der Waals surface area contributed by atoms with Gasteiger partial charge in [0.2, 0.25) is 0 Å². The number of pyridine rings is 1. The lowest BCUT2D eigenvalue weighted by Crippen LogP contribution is -2.31. The van der Waals surface area contributed by atoms with Crippen molar-refractivity contribution in [3.8, 4) is 0 Å². The first-order chi connectivity index (χ1) is 16.6. The number of nitrogens with zero attached hydrogens (tertiary/aromatic N) is 2. The van der Waals surface area contributed by atoms with E-state index < -0.39 is 17.7 Å². The highest BCUT2D eigenvalue weighted by Crippen LogP contribution is 2.40. The molecule has 1 N–H and O–H groups in total. The molecule has 0 spiro atoms. The predicted octanol–water partition coefficient (Wildman–Crippen LogP) is 5.49. The van der Waals surface area contributed by atoms with E-state index in [2.05, 4.69) is 25.8 Å². The molecule has 2 aromatic carbocycles. The van der Waals surface area contributed by atoms with Crippen LogP contribution >= 0.6 is 0 Å². The van der Waals surface area contributed by atoms with Gasteiger partial charge in [-0.25, -0.2) is 4.39 Å². The summed E-state index contributed by atoms with van der Waals surface area (Å²) in [5.41, 5.74) is 3.71. The second-order valence-electron chi connectivity index (χ2n) is 9.94. The molecule has 0 radical (unpaired) electrons. The van der Waals surface area contributed by atoms with E-state index in [0.29, 0.717) is 17.5 Å². The Morgan fingerprint density at radius 1 is 1.09 bits per heavy atom. The fourth-order valence-electron chi connectivity index (χ4n) is 4.38. The summed E-state index contributed by atoms with van der Waals surface area (Å²) in [7, 11) is 0. The molecule has 1 aliphatic heterocycles. The first kappa shape index (κ1) is 24.3. The number of carbonyl (C=O) groups excluding carboxylic acids is 2. The highest BCUT2D eigenvalue weighted by Gasteiger charge is 2.46. The van der Waals surface area contributed by atoms with Crippen LogP contribution in [0, 0.1) is 12.7 Å². The van der Waals surface area contributed by atoms with E-state index in [1.54, 1.807) is 36.7 Å². The second kappa shape index (κ2) is 9.45. The number of benzene rings is 2. The summed E-state index contributed by atoms with van der Waals surface area (Å²) in [5.74, 6) is -1.93. The van der Waals surface area contributed by atoms with Gasteiger partial charge in [0.15, 0.2) is 0 Å². The fourth-order valence-corrected chi connectivity index (χ4v) is 4.38. The van der Waals surface area contributed by atoms with Crippen molar-refractivity contribution in [1.29, 1.82) is 0 Å². The third kappa shape index (κ3) is 4.87. The molecule has 4 rings (SSSR count). The SMILES string of the molecule is Cc1ccc(C(C)(C)C)cc1/C(O)=C1\C(=O)C(=O)N(CCc2ccc(F)cc2)C1c1cccnc1. The highest BCUT2D eigenvalue weighted by molar-refractivity contribution is 6.46. The first-order valence-corrected chi connectivity index (χ1v) is 11.6. The molecule has 1 saturated heterocycles. The lowest BCUT2D eigenvalue weighted by molar-refractivity contribution is -0.139. The van der Waals surface area contributed by atoms with Crippen LogP contribution in [0.3, 0.4) is 0 Å². The Labute approximate surface area is 204 Å². The molecule has 180 valence electrons. The molecule has 1 aliphatic rings. The molecular formula is C29H29FN2O3. The van der Waals surface area contributed by atoms with Crippen LogP contribution in [0.25, 0.3) is 5.76 Å². The van der Waals surface area contributed by atoms with Gasteiger partial charge in [-0.3, -0.25) is 14.6 Å². The van der Waals surface area contributed by atoms with Gasteiger partial charge in [-0.1, -0.05) is 51.1 Å². The fraction of sp³-hybridized carbons (Fsp3) is 0.276. The van der Waals surface area contributed by atoms with E-state index in [9.17, 15) is 19.1 Å². The molecule has 35 heavy (non-hydrogen) atoms. The Morgan fingerprint density at radius 3 is 2.43 bits per heavy atom. The number of aromatic nitrogens is 1. The van der Waals surface area contributed by atoms with Crippen molar-refractivity contribution < 1.29 is 19.1 Å². The van der Waals surface area contributed by atoms with Gasteiger partial charge in [-0.2, -0.15) is 0 Å². The van der Waals surface area contributed by atoms with E-state index in [1.807, 2.05) is 25.1 Å². The van der Waals surface area contributed by atoms with Gasteiger partial charge in [0.1, 0.15) is 11.6 Å².